The van der Waals surface area contributed by atoms with Gasteiger partial charge < -0.3 is 9.15 Å². The molecule has 0 radical (unpaired) electrons. The molecule has 86 valence electrons. The zero-order chi connectivity index (χ0) is 11.9. The van der Waals surface area contributed by atoms with Gasteiger partial charge >= 0.3 is 6.09 Å². The third kappa shape index (κ3) is 3.61. The summed E-state index contributed by atoms with van der Waals surface area (Å²) in [5, 5.41) is 0. The lowest BCUT2D eigenvalue weighted by Gasteiger charge is -2.00. The number of carbonyl (C=O) groups excluding carboxylic acids is 1. The molecule has 4 nitrogen and oxygen atoms in total. The lowest BCUT2D eigenvalue weighted by atomic mass is 10.2. The van der Waals surface area contributed by atoms with Crippen LogP contribution in [0.4, 0.5) is 4.79 Å². The molecule has 0 aliphatic carbocycles. The second-order valence-corrected chi connectivity index (χ2v) is 3.31. The van der Waals surface area contributed by atoms with Crippen molar-refractivity contribution in [3.8, 4) is 0 Å². The van der Waals surface area contributed by atoms with Crippen molar-refractivity contribution in [2.24, 2.45) is 4.99 Å². The van der Waals surface area contributed by atoms with Crippen LogP contribution >= 0.6 is 0 Å². The average molecular weight is 229 g/mol. The van der Waals surface area contributed by atoms with E-state index in [4.69, 9.17) is 9.15 Å². The fourth-order valence-corrected chi connectivity index (χ4v) is 1.24. The maximum absolute atomic E-state index is 11.2. The van der Waals surface area contributed by atoms with Crippen LogP contribution in [-0.4, -0.2) is 12.3 Å². The number of aliphatic imine (C=N–C) groups is 1. The molecule has 0 saturated carbocycles. The summed E-state index contributed by atoms with van der Waals surface area (Å²) in [7, 11) is 0. The van der Waals surface area contributed by atoms with Gasteiger partial charge in [0.1, 0.15) is 12.4 Å². The monoisotopic (exact) mass is 229 g/mol. The smallest absolute Gasteiger partial charge is 0.434 e. The van der Waals surface area contributed by atoms with Crippen LogP contribution in [0.25, 0.3) is 0 Å². The van der Waals surface area contributed by atoms with Gasteiger partial charge in [0.25, 0.3) is 0 Å². The predicted molar refractivity (Wildman–Crippen MR) is 62.9 cm³/mol. The second kappa shape index (κ2) is 5.65. The zero-order valence-electron chi connectivity index (χ0n) is 9.08. The van der Waals surface area contributed by atoms with Gasteiger partial charge in [-0.2, -0.15) is 4.99 Å². The Bertz CT molecular complexity index is 489. The Labute approximate surface area is 98.5 Å². The summed E-state index contributed by atoms with van der Waals surface area (Å²) >= 11 is 0. The van der Waals surface area contributed by atoms with Crippen molar-refractivity contribution >= 4 is 12.3 Å². The van der Waals surface area contributed by atoms with Crippen LogP contribution in [0.3, 0.4) is 0 Å². The summed E-state index contributed by atoms with van der Waals surface area (Å²) in [4.78, 5) is 14.9. The van der Waals surface area contributed by atoms with Gasteiger partial charge in [-0.1, -0.05) is 30.3 Å². The molecule has 0 fully saturated rings. The summed E-state index contributed by atoms with van der Waals surface area (Å²) in [6, 6.07) is 12.8. The number of ether oxygens (including phenoxy) is 1. The van der Waals surface area contributed by atoms with Crippen LogP contribution in [0.5, 0.6) is 0 Å². The van der Waals surface area contributed by atoms with Gasteiger partial charge in [-0.15, -0.1) is 0 Å². The van der Waals surface area contributed by atoms with Crippen molar-refractivity contribution < 1.29 is 13.9 Å². The van der Waals surface area contributed by atoms with Crippen molar-refractivity contribution in [3.63, 3.8) is 0 Å². The number of furan rings is 1. The summed E-state index contributed by atoms with van der Waals surface area (Å²) in [5.41, 5.74) is 0.925. The largest absolute Gasteiger partial charge is 0.463 e. The highest BCUT2D eigenvalue weighted by molar-refractivity contribution is 5.86. The fourth-order valence-electron chi connectivity index (χ4n) is 1.24. The van der Waals surface area contributed by atoms with Crippen LogP contribution < -0.4 is 0 Å². The highest BCUT2D eigenvalue weighted by Crippen LogP contribution is 2.02. The minimum absolute atomic E-state index is 0.217. The first kappa shape index (κ1) is 11.1. The fraction of sp³-hybridized carbons (Fsp3) is 0.0769. The standard InChI is InChI=1S/C13H11NO3/c15-13(14-9-12-7-4-8-16-12)17-10-11-5-2-1-3-6-11/h1-9H,10H2/b14-9+. The summed E-state index contributed by atoms with van der Waals surface area (Å²) in [5.74, 6) is 0.515. The maximum atomic E-state index is 11.2. The highest BCUT2D eigenvalue weighted by atomic mass is 16.5. The van der Waals surface area contributed by atoms with Crippen LogP contribution in [0.2, 0.25) is 0 Å². The maximum Gasteiger partial charge on any atom is 0.434 e. The molecule has 1 heterocycles. The molecule has 0 saturated heterocycles. The van der Waals surface area contributed by atoms with Crippen molar-refractivity contribution in [2.75, 3.05) is 0 Å². The highest BCUT2D eigenvalue weighted by Gasteiger charge is 1.99. The van der Waals surface area contributed by atoms with Crippen LogP contribution in [0.1, 0.15) is 11.3 Å². The molecule has 4 heteroatoms. The van der Waals surface area contributed by atoms with Crippen LogP contribution in [0.15, 0.2) is 58.1 Å². The number of rotatable bonds is 3. The molecule has 2 rings (SSSR count). The Morgan fingerprint density at radius 3 is 2.76 bits per heavy atom. The van der Waals surface area contributed by atoms with Crippen molar-refractivity contribution in [1.82, 2.24) is 0 Å². The summed E-state index contributed by atoms with van der Waals surface area (Å²) < 4.78 is 9.94. The van der Waals surface area contributed by atoms with Crippen molar-refractivity contribution in [3.05, 3.63) is 60.1 Å². The first-order valence-electron chi connectivity index (χ1n) is 5.13. The van der Waals surface area contributed by atoms with Crippen LogP contribution in [0, 0.1) is 0 Å². The number of amides is 1. The van der Waals surface area contributed by atoms with E-state index in [0.29, 0.717) is 5.76 Å². The van der Waals surface area contributed by atoms with Gasteiger partial charge in [-0.05, 0) is 17.7 Å². The SMILES string of the molecule is O=C(/N=C/c1ccco1)OCc1ccccc1. The molecule has 1 aromatic carbocycles. The lowest BCUT2D eigenvalue weighted by Crippen LogP contribution is -1.99. The molecule has 1 amide bonds. The molecule has 1 aromatic heterocycles. The minimum Gasteiger partial charge on any atom is -0.463 e. The van der Waals surface area contributed by atoms with E-state index >= 15 is 0 Å². The average Bonchev–Trinajstić information content (AvgIpc) is 2.88. The van der Waals surface area contributed by atoms with E-state index in [1.54, 1.807) is 12.1 Å². The molecular formula is C13H11NO3. The molecule has 0 aliphatic rings. The van der Waals surface area contributed by atoms with Crippen molar-refractivity contribution in [2.45, 2.75) is 6.61 Å². The first-order valence-corrected chi connectivity index (χ1v) is 5.13. The lowest BCUT2D eigenvalue weighted by molar-refractivity contribution is 0.151. The van der Waals surface area contributed by atoms with Gasteiger partial charge in [0.2, 0.25) is 0 Å². The normalized spacial score (nSPS) is 10.6. The van der Waals surface area contributed by atoms with E-state index in [2.05, 4.69) is 4.99 Å². The number of nitrogens with zero attached hydrogens (tertiary/aromatic N) is 1. The Kier molecular flexibility index (Phi) is 3.70. The number of hydrogen-bond acceptors (Lipinski definition) is 3. The number of hydrogen-bond donors (Lipinski definition) is 0. The number of benzene rings is 1. The van der Waals surface area contributed by atoms with E-state index in [1.807, 2.05) is 30.3 Å². The van der Waals surface area contributed by atoms with Crippen LogP contribution in [-0.2, 0) is 11.3 Å². The Morgan fingerprint density at radius 1 is 1.24 bits per heavy atom. The van der Waals surface area contributed by atoms with E-state index in [1.165, 1.54) is 12.5 Å². The molecule has 2 aromatic rings. The van der Waals surface area contributed by atoms with Gasteiger partial charge in [0.05, 0.1) is 12.5 Å². The molecule has 0 spiro atoms. The molecule has 0 aliphatic heterocycles. The Balaban J connectivity index is 1.82. The predicted octanol–water partition coefficient (Wildman–Crippen LogP) is 3.04. The quantitative estimate of drug-likeness (QED) is 0.760. The third-order valence-corrected chi connectivity index (χ3v) is 2.05. The molecule has 0 N–H and O–H groups in total. The minimum atomic E-state index is -0.634. The molecular weight excluding hydrogens is 218 g/mol. The van der Waals surface area contributed by atoms with E-state index in [-0.39, 0.29) is 6.61 Å². The molecule has 0 bridgehead atoms. The van der Waals surface area contributed by atoms with Crippen molar-refractivity contribution in [1.29, 1.82) is 0 Å². The zero-order valence-corrected chi connectivity index (χ0v) is 9.08. The molecule has 0 unspecified atom stereocenters. The van der Waals surface area contributed by atoms with E-state index in [9.17, 15) is 4.79 Å². The topological polar surface area (TPSA) is 51.8 Å². The van der Waals surface area contributed by atoms with E-state index < -0.39 is 6.09 Å². The first-order chi connectivity index (χ1) is 8.34. The number of carbonyl (C=O) groups is 1. The van der Waals surface area contributed by atoms with Gasteiger partial charge in [-0.25, -0.2) is 4.79 Å². The van der Waals surface area contributed by atoms with Gasteiger partial charge in [0.15, 0.2) is 0 Å². The summed E-state index contributed by atoms with van der Waals surface area (Å²) in [6.07, 6.45) is 2.20. The molecule has 0 atom stereocenters. The van der Waals surface area contributed by atoms with Gasteiger partial charge in [-0.3, -0.25) is 0 Å². The Morgan fingerprint density at radius 2 is 2.06 bits per heavy atom. The third-order valence-electron chi connectivity index (χ3n) is 2.05. The second-order valence-electron chi connectivity index (χ2n) is 3.31. The summed E-state index contributed by atoms with van der Waals surface area (Å²) in [6.45, 7) is 0.217. The Hall–Kier alpha value is -2.36. The molecule has 17 heavy (non-hydrogen) atoms. The van der Waals surface area contributed by atoms with Gasteiger partial charge in [0, 0.05) is 0 Å². The van der Waals surface area contributed by atoms with E-state index in [0.717, 1.165) is 5.56 Å².